The average molecular weight is 283 g/mol. The Labute approximate surface area is 121 Å². The molecule has 0 N–H and O–H groups in total. The van der Waals surface area contributed by atoms with Crippen molar-refractivity contribution in [2.45, 2.75) is 19.3 Å². The highest BCUT2D eigenvalue weighted by atomic mass is 35.5. The van der Waals surface area contributed by atoms with E-state index < -0.39 is 0 Å². The quantitative estimate of drug-likeness (QED) is 0.788. The van der Waals surface area contributed by atoms with Crippen molar-refractivity contribution in [1.82, 2.24) is 9.80 Å². The molecule has 3 nitrogen and oxygen atoms in total. The van der Waals surface area contributed by atoms with Crippen LogP contribution in [0.2, 0.25) is 0 Å². The first kappa shape index (κ1) is 14.5. The number of rotatable bonds is 4. The van der Waals surface area contributed by atoms with Crippen molar-refractivity contribution in [3.63, 3.8) is 0 Å². The predicted molar refractivity (Wildman–Crippen MR) is 80.0 cm³/mol. The van der Waals surface area contributed by atoms with Crippen LogP contribution in [-0.2, 0) is 4.74 Å². The van der Waals surface area contributed by atoms with E-state index >= 15 is 0 Å². The predicted octanol–water partition coefficient (Wildman–Crippen LogP) is 2.95. The van der Waals surface area contributed by atoms with Crippen LogP contribution in [0.4, 0.5) is 0 Å². The summed E-state index contributed by atoms with van der Waals surface area (Å²) in [6.45, 7) is 9.13. The first-order chi connectivity index (χ1) is 9.15. The van der Waals surface area contributed by atoms with Crippen LogP contribution in [0.15, 0.2) is 35.2 Å². The highest BCUT2D eigenvalue weighted by Gasteiger charge is 2.14. The molecule has 0 unspecified atom stereocenters. The Kier molecular flexibility index (Phi) is 5.34. The topological polar surface area (TPSA) is 15.7 Å². The zero-order valence-electron chi connectivity index (χ0n) is 11.7. The molecule has 0 spiro atoms. The third-order valence-electron chi connectivity index (χ3n) is 3.65. The van der Waals surface area contributed by atoms with Crippen molar-refractivity contribution in [3.05, 3.63) is 35.2 Å². The Morgan fingerprint density at radius 1 is 1.26 bits per heavy atom. The van der Waals surface area contributed by atoms with Crippen molar-refractivity contribution < 1.29 is 4.74 Å². The zero-order chi connectivity index (χ0) is 13.7. The van der Waals surface area contributed by atoms with Gasteiger partial charge in [0.2, 0.25) is 0 Å². The third-order valence-corrected chi connectivity index (χ3v) is 3.97. The van der Waals surface area contributed by atoms with Gasteiger partial charge in [0.25, 0.3) is 0 Å². The molecule has 0 aromatic carbocycles. The molecule has 1 saturated heterocycles. The van der Waals surface area contributed by atoms with Crippen LogP contribution in [0.5, 0.6) is 0 Å². The Bertz CT molecular complexity index is 390. The second-order valence-electron chi connectivity index (χ2n) is 5.25. The van der Waals surface area contributed by atoms with E-state index in [1.807, 2.05) is 12.2 Å². The van der Waals surface area contributed by atoms with Gasteiger partial charge in [0.1, 0.15) is 6.61 Å². The zero-order valence-corrected chi connectivity index (χ0v) is 12.5. The van der Waals surface area contributed by atoms with Gasteiger partial charge in [0.15, 0.2) is 0 Å². The lowest BCUT2D eigenvalue weighted by Gasteiger charge is -2.25. The van der Waals surface area contributed by atoms with Crippen LogP contribution < -0.4 is 0 Å². The first-order valence-corrected chi connectivity index (χ1v) is 7.32. The fraction of sp³-hybridized carbons (Fsp3) is 0.600. The molecule has 106 valence electrons. The van der Waals surface area contributed by atoms with Crippen LogP contribution in [0.3, 0.4) is 0 Å². The molecule has 0 radical (unpaired) electrons. The maximum Gasteiger partial charge on any atom is 0.127 e. The highest BCUT2D eigenvalue weighted by molar-refractivity contribution is 6.29. The van der Waals surface area contributed by atoms with Crippen LogP contribution in [-0.4, -0.2) is 49.6 Å². The van der Waals surface area contributed by atoms with E-state index in [4.69, 9.17) is 16.3 Å². The molecule has 1 fully saturated rings. The first-order valence-electron chi connectivity index (χ1n) is 6.94. The monoisotopic (exact) mass is 282 g/mol. The number of allylic oxidation sites excluding steroid dienone is 4. The summed E-state index contributed by atoms with van der Waals surface area (Å²) in [7, 11) is 2.17. The molecule has 1 aliphatic heterocycles. The molecule has 1 aliphatic carbocycles. The summed E-state index contributed by atoms with van der Waals surface area (Å²) in [5, 5.41) is 0.904. The molecule has 0 amide bonds. The summed E-state index contributed by atoms with van der Waals surface area (Å²) < 4.78 is 5.82. The van der Waals surface area contributed by atoms with Gasteiger partial charge in [-0.15, -0.1) is 0 Å². The average Bonchev–Trinajstić information content (AvgIpc) is 2.63. The van der Waals surface area contributed by atoms with Gasteiger partial charge in [-0.25, -0.2) is 0 Å². The normalized spacial score (nSPS) is 21.5. The molecule has 0 aromatic heterocycles. The number of hydrogen-bond acceptors (Lipinski definition) is 3. The van der Waals surface area contributed by atoms with E-state index in [0.29, 0.717) is 6.61 Å². The van der Waals surface area contributed by atoms with Crippen molar-refractivity contribution >= 4 is 11.6 Å². The maximum absolute atomic E-state index is 5.93. The van der Waals surface area contributed by atoms with E-state index in [1.165, 1.54) is 13.0 Å². The molecule has 0 bridgehead atoms. The van der Waals surface area contributed by atoms with Gasteiger partial charge in [0.05, 0.1) is 5.76 Å². The van der Waals surface area contributed by atoms with E-state index in [9.17, 15) is 0 Å². The molecule has 2 rings (SSSR count). The van der Waals surface area contributed by atoms with Crippen molar-refractivity contribution in [1.29, 1.82) is 0 Å². The molecule has 4 heteroatoms. The summed E-state index contributed by atoms with van der Waals surface area (Å²) in [4.78, 5) is 4.71. The summed E-state index contributed by atoms with van der Waals surface area (Å²) in [5.41, 5.74) is 1.08. The summed E-state index contributed by atoms with van der Waals surface area (Å²) in [6, 6.07) is 0. The van der Waals surface area contributed by atoms with Gasteiger partial charge in [-0.3, -0.25) is 0 Å². The highest BCUT2D eigenvalue weighted by Crippen LogP contribution is 2.22. The van der Waals surface area contributed by atoms with E-state index in [0.717, 1.165) is 49.0 Å². The molecular formula is C15H23ClN2O. The lowest BCUT2D eigenvalue weighted by atomic mass is 10.1. The van der Waals surface area contributed by atoms with Crippen LogP contribution in [0.1, 0.15) is 19.3 Å². The lowest BCUT2D eigenvalue weighted by Crippen LogP contribution is -2.29. The van der Waals surface area contributed by atoms with Gasteiger partial charge in [0, 0.05) is 36.8 Å². The lowest BCUT2D eigenvalue weighted by molar-refractivity contribution is 0.192. The molecule has 0 saturated carbocycles. The number of nitrogens with zero attached hydrogens (tertiary/aromatic N) is 2. The molecule has 1 heterocycles. The van der Waals surface area contributed by atoms with Gasteiger partial charge < -0.3 is 14.5 Å². The Morgan fingerprint density at radius 3 is 2.84 bits per heavy atom. The minimum Gasteiger partial charge on any atom is -0.492 e. The SMILES string of the molecule is C=C(COC1=CC=C(Cl)CC1)N1CCCN(C)CC1. The van der Waals surface area contributed by atoms with Gasteiger partial charge >= 0.3 is 0 Å². The molecule has 0 atom stereocenters. The van der Waals surface area contributed by atoms with E-state index in [2.05, 4.69) is 23.4 Å². The number of likely N-dealkylation sites (N-methyl/N-ethyl adjacent to an activating group) is 1. The summed E-state index contributed by atoms with van der Waals surface area (Å²) >= 11 is 5.93. The fourth-order valence-electron chi connectivity index (χ4n) is 2.34. The number of hydrogen-bond donors (Lipinski definition) is 0. The molecule has 2 aliphatic rings. The molecule has 0 aromatic rings. The van der Waals surface area contributed by atoms with E-state index in [1.54, 1.807) is 0 Å². The minimum atomic E-state index is 0.584. The smallest absolute Gasteiger partial charge is 0.127 e. The second kappa shape index (κ2) is 7.01. The Balaban J connectivity index is 1.78. The third kappa shape index (κ3) is 4.59. The van der Waals surface area contributed by atoms with Gasteiger partial charge in [-0.1, -0.05) is 18.2 Å². The van der Waals surface area contributed by atoms with Crippen molar-refractivity contribution in [2.75, 3.05) is 39.8 Å². The molecule has 19 heavy (non-hydrogen) atoms. The minimum absolute atomic E-state index is 0.584. The second-order valence-corrected chi connectivity index (χ2v) is 5.73. The van der Waals surface area contributed by atoms with Crippen LogP contribution >= 0.6 is 11.6 Å². The maximum atomic E-state index is 5.93. The van der Waals surface area contributed by atoms with Crippen LogP contribution in [0, 0.1) is 0 Å². The number of halogens is 1. The van der Waals surface area contributed by atoms with E-state index in [-0.39, 0.29) is 0 Å². The fourth-order valence-corrected chi connectivity index (χ4v) is 2.50. The Morgan fingerprint density at radius 2 is 2.11 bits per heavy atom. The summed E-state index contributed by atoms with van der Waals surface area (Å²) in [6.07, 6.45) is 6.86. The van der Waals surface area contributed by atoms with Crippen molar-refractivity contribution in [3.8, 4) is 0 Å². The van der Waals surface area contributed by atoms with Gasteiger partial charge in [-0.2, -0.15) is 0 Å². The van der Waals surface area contributed by atoms with Crippen LogP contribution in [0.25, 0.3) is 0 Å². The standard InChI is InChI=1S/C15H23ClN2O/c1-13(18-9-3-8-17(2)10-11-18)12-19-15-6-4-14(16)5-7-15/h4,6H,1,3,5,7-12H2,2H3. The van der Waals surface area contributed by atoms with Crippen molar-refractivity contribution in [2.24, 2.45) is 0 Å². The largest absolute Gasteiger partial charge is 0.492 e. The van der Waals surface area contributed by atoms with Gasteiger partial charge in [-0.05, 0) is 38.6 Å². The Hall–Kier alpha value is -0.930. The molecular weight excluding hydrogens is 260 g/mol. The number of ether oxygens (including phenoxy) is 1. The summed E-state index contributed by atoms with van der Waals surface area (Å²) in [5.74, 6) is 1.01.